The summed E-state index contributed by atoms with van der Waals surface area (Å²) in [6, 6.07) is 9.69. The molecule has 0 saturated heterocycles. The SMILES string of the molecule is C=CCOC(=O)C(C#N)c1ccc([Si](C)(C)C)cc1. The van der Waals surface area contributed by atoms with Crippen molar-refractivity contribution in [3.63, 3.8) is 0 Å². The Kier molecular flexibility index (Phi) is 5.08. The molecule has 1 rings (SSSR count). The van der Waals surface area contributed by atoms with E-state index in [1.54, 1.807) is 0 Å². The number of carbonyl (C=O) groups is 1. The molecular formula is C15H19NO2Si. The third-order valence-electron chi connectivity index (χ3n) is 2.82. The summed E-state index contributed by atoms with van der Waals surface area (Å²) >= 11 is 0. The molecule has 0 aliphatic heterocycles. The Bertz CT molecular complexity index is 494. The summed E-state index contributed by atoms with van der Waals surface area (Å²) in [5.74, 6) is -1.39. The Balaban J connectivity index is 2.92. The number of nitriles is 1. The smallest absolute Gasteiger partial charge is 0.328 e. The topological polar surface area (TPSA) is 50.1 Å². The van der Waals surface area contributed by atoms with Gasteiger partial charge in [0, 0.05) is 0 Å². The van der Waals surface area contributed by atoms with Crippen LogP contribution in [-0.4, -0.2) is 20.7 Å². The third kappa shape index (κ3) is 4.07. The van der Waals surface area contributed by atoms with Crippen LogP contribution in [0.15, 0.2) is 36.9 Å². The zero-order chi connectivity index (χ0) is 14.5. The van der Waals surface area contributed by atoms with E-state index in [-0.39, 0.29) is 6.61 Å². The number of rotatable bonds is 5. The van der Waals surface area contributed by atoms with Gasteiger partial charge in [0.2, 0.25) is 0 Å². The summed E-state index contributed by atoms with van der Waals surface area (Å²) in [5, 5.41) is 10.4. The van der Waals surface area contributed by atoms with Crippen molar-refractivity contribution in [1.29, 1.82) is 5.26 Å². The molecule has 0 saturated carbocycles. The van der Waals surface area contributed by atoms with E-state index in [4.69, 9.17) is 10.00 Å². The summed E-state index contributed by atoms with van der Waals surface area (Å²) in [6.45, 7) is 10.4. The van der Waals surface area contributed by atoms with Crippen molar-refractivity contribution in [1.82, 2.24) is 0 Å². The summed E-state index contributed by atoms with van der Waals surface area (Å²) in [5.41, 5.74) is 0.679. The first kappa shape index (κ1) is 15.2. The molecule has 0 heterocycles. The minimum Gasteiger partial charge on any atom is -0.460 e. The highest BCUT2D eigenvalue weighted by atomic mass is 28.3. The Hall–Kier alpha value is -1.86. The second kappa shape index (κ2) is 6.35. The number of esters is 1. The number of ether oxygens (including phenoxy) is 1. The van der Waals surface area contributed by atoms with E-state index in [0.29, 0.717) is 5.56 Å². The van der Waals surface area contributed by atoms with Crippen LogP contribution in [0.3, 0.4) is 0 Å². The maximum Gasteiger partial charge on any atom is 0.328 e. The fourth-order valence-corrected chi connectivity index (χ4v) is 2.83. The molecule has 0 spiro atoms. The van der Waals surface area contributed by atoms with Crippen molar-refractivity contribution in [3.05, 3.63) is 42.5 Å². The molecule has 0 fully saturated rings. The lowest BCUT2D eigenvalue weighted by molar-refractivity contribution is -0.142. The molecule has 0 bridgehead atoms. The zero-order valence-electron chi connectivity index (χ0n) is 11.6. The Morgan fingerprint density at radius 2 is 2.00 bits per heavy atom. The molecule has 4 heteroatoms. The van der Waals surface area contributed by atoms with Crippen LogP contribution in [0.2, 0.25) is 19.6 Å². The van der Waals surface area contributed by atoms with Crippen LogP contribution < -0.4 is 5.19 Å². The number of benzene rings is 1. The molecule has 0 N–H and O–H groups in total. The highest BCUT2D eigenvalue weighted by Gasteiger charge is 2.22. The first-order valence-corrected chi connectivity index (χ1v) is 9.67. The van der Waals surface area contributed by atoms with Crippen LogP contribution in [-0.2, 0) is 9.53 Å². The van der Waals surface area contributed by atoms with Crippen molar-refractivity contribution in [2.24, 2.45) is 0 Å². The Labute approximate surface area is 115 Å². The number of nitrogens with zero attached hydrogens (tertiary/aromatic N) is 1. The van der Waals surface area contributed by atoms with Gasteiger partial charge in [-0.1, -0.05) is 61.7 Å². The molecule has 0 aliphatic rings. The Morgan fingerprint density at radius 1 is 1.42 bits per heavy atom. The third-order valence-corrected chi connectivity index (χ3v) is 4.88. The van der Waals surface area contributed by atoms with Crippen LogP contribution in [0.4, 0.5) is 0 Å². The molecule has 3 nitrogen and oxygen atoms in total. The number of hydrogen-bond acceptors (Lipinski definition) is 3. The first-order valence-electron chi connectivity index (χ1n) is 6.17. The fraction of sp³-hybridized carbons (Fsp3) is 0.333. The molecule has 0 amide bonds. The second-order valence-corrected chi connectivity index (χ2v) is 10.4. The van der Waals surface area contributed by atoms with Crippen molar-refractivity contribution < 1.29 is 9.53 Å². The minimum absolute atomic E-state index is 0.129. The van der Waals surface area contributed by atoms with Crippen LogP contribution >= 0.6 is 0 Å². The molecule has 0 radical (unpaired) electrons. The van der Waals surface area contributed by atoms with Gasteiger partial charge in [0.25, 0.3) is 0 Å². The molecule has 19 heavy (non-hydrogen) atoms. The summed E-state index contributed by atoms with van der Waals surface area (Å²) in [7, 11) is -1.36. The van der Waals surface area contributed by atoms with Crippen molar-refractivity contribution >= 4 is 19.2 Å². The van der Waals surface area contributed by atoms with Gasteiger partial charge in [0.05, 0.1) is 14.1 Å². The maximum absolute atomic E-state index is 11.7. The lowest BCUT2D eigenvalue weighted by Gasteiger charge is -2.17. The van der Waals surface area contributed by atoms with E-state index < -0.39 is 20.0 Å². The van der Waals surface area contributed by atoms with E-state index >= 15 is 0 Å². The van der Waals surface area contributed by atoms with Gasteiger partial charge in [-0.3, -0.25) is 4.79 Å². The minimum atomic E-state index is -1.36. The summed E-state index contributed by atoms with van der Waals surface area (Å²) in [4.78, 5) is 11.7. The quantitative estimate of drug-likeness (QED) is 0.470. The van der Waals surface area contributed by atoms with Gasteiger partial charge < -0.3 is 4.74 Å². The average molecular weight is 273 g/mol. The van der Waals surface area contributed by atoms with Gasteiger partial charge in [0.15, 0.2) is 5.92 Å². The van der Waals surface area contributed by atoms with Crippen molar-refractivity contribution in [3.8, 4) is 6.07 Å². The van der Waals surface area contributed by atoms with Crippen molar-refractivity contribution in [2.45, 2.75) is 25.6 Å². The summed E-state index contributed by atoms with van der Waals surface area (Å²) < 4.78 is 4.93. The number of hydrogen-bond donors (Lipinski definition) is 0. The molecular weight excluding hydrogens is 254 g/mol. The van der Waals surface area contributed by atoms with Gasteiger partial charge in [-0.2, -0.15) is 5.26 Å². The molecule has 0 aliphatic carbocycles. The highest BCUT2D eigenvalue weighted by Crippen LogP contribution is 2.16. The van der Waals surface area contributed by atoms with Gasteiger partial charge in [0.1, 0.15) is 6.61 Å². The van der Waals surface area contributed by atoms with E-state index in [9.17, 15) is 4.79 Å². The molecule has 1 unspecified atom stereocenters. The second-order valence-electron chi connectivity index (χ2n) is 5.35. The van der Waals surface area contributed by atoms with Gasteiger partial charge >= 0.3 is 5.97 Å². The maximum atomic E-state index is 11.7. The van der Waals surface area contributed by atoms with E-state index in [1.165, 1.54) is 11.3 Å². The largest absolute Gasteiger partial charge is 0.460 e. The zero-order valence-corrected chi connectivity index (χ0v) is 12.6. The monoisotopic (exact) mass is 273 g/mol. The molecule has 100 valence electrons. The highest BCUT2D eigenvalue weighted by molar-refractivity contribution is 6.88. The standard InChI is InChI=1S/C15H19NO2Si/c1-5-10-18-15(17)14(11-16)12-6-8-13(9-7-12)19(2,3)4/h5-9,14H,1,10H2,2-4H3. The average Bonchev–Trinajstić information content (AvgIpc) is 2.37. The van der Waals surface area contributed by atoms with E-state index in [2.05, 4.69) is 26.2 Å². The molecule has 1 aromatic rings. The van der Waals surface area contributed by atoms with E-state index in [0.717, 1.165) is 0 Å². The molecule has 1 atom stereocenters. The van der Waals surface area contributed by atoms with E-state index in [1.807, 2.05) is 30.3 Å². The number of carbonyl (C=O) groups excluding carboxylic acids is 1. The first-order chi connectivity index (χ1) is 8.90. The van der Waals surface area contributed by atoms with Crippen LogP contribution in [0.25, 0.3) is 0 Å². The van der Waals surface area contributed by atoms with Crippen LogP contribution in [0.1, 0.15) is 11.5 Å². The van der Waals surface area contributed by atoms with Crippen LogP contribution in [0, 0.1) is 11.3 Å². The molecule has 1 aromatic carbocycles. The predicted molar refractivity (Wildman–Crippen MR) is 78.9 cm³/mol. The lowest BCUT2D eigenvalue weighted by Crippen LogP contribution is -2.37. The van der Waals surface area contributed by atoms with Gasteiger partial charge in [-0.05, 0) is 5.56 Å². The predicted octanol–water partition coefficient (Wildman–Crippen LogP) is 2.57. The normalized spacial score (nSPS) is 12.3. The van der Waals surface area contributed by atoms with Gasteiger partial charge in [-0.15, -0.1) is 0 Å². The summed E-state index contributed by atoms with van der Waals surface area (Å²) in [6.07, 6.45) is 1.49. The van der Waals surface area contributed by atoms with Gasteiger partial charge in [-0.25, -0.2) is 0 Å². The molecule has 0 aromatic heterocycles. The fourth-order valence-electron chi connectivity index (χ4n) is 1.66. The van der Waals surface area contributed by atoms with Crippen molar-refractivity contribution in [2.75, 3.05) is 6.61 Å². The lowest BCUT2D eigenvalue weighted by atomic mass is 10.0. The Morgan fingerprint density at radius 3 is 2.42 bits per heavy atom. The van der Waals surface area contributed by atoms with Crippen LogP contribution in [0.5, 0.6) is 0 Å².